The lowest BCUT2D eigenvalue weighted by molar-refractivity contribution is -0.122. The highest BCUT2D eigenvalue weighted by molar-refractivity contribution is 5.75. The average molecular weight is 189 g/mol. The van der Waals surface area contributed by atoms with Crippen LogP contribution < -0.4 is 5.32 Å². The normalized spacial score (nSPS) is 10.0. The third kappa shape index (κ3) is 9.30. The van der Waals surface area contributed by atoms with Crippen molar-refractivity contribution in [2.75, 3.05) is 26.4 Å². The maximum atomic E-state index is 11.0. The van der Waals surface area contributed by atoms with Crippen LogP contribution in [-0.4, -0.2) is 37.4 Å². The molecule has 0 saturated carbocycles. The van der Waals surface area contributed by atoms with Crippen LogP contribution in [0.1, 0.15) is 26.2 Å². The number of aliphatic hydroxyl groups is 1. The Kier molecular flexibility index (Phi) is 9.03. The highest BCUT2D eigenvalue weighted by atomic mass is 16.5. The Morgan fingerprint density at radius 3 is 2.85 bits per heavy atom. The molecular weight excluding hydrogens is 170 g/mol. The molecule has 0 aliphatic heterocycles. The summed E-state index contributed by atoms with van der Waals surface area (Å²) in [5, 5.41) is 11.2. The molecule has 0 spiro atoms. The maximum absolute atomic E-state index is 11.0. The molecule has 1 amide bonds. The molecule has 0 unspecified atom stereocenters. The molecule has 78 valence electrons. The number of hydrogen-bond acceptors (Lipinski definition) is 3. The number of aliphatic hydroxyl groups excluding tert-OH is 1. The molecule has 0 aliphatic carbocycles. The van der Waals surface area contributed by atoms with Gasteiger partial charge in [0, 0.05) is 26.2 Å². The molecule has 0 aromatic heterocycles. The molecule has 0 bridgehead atoms. The van der Waals surface area contributed by atoms with Crippen molar-refractivity contribution in [2.24, 2.45) is 0 Å². The number of rotatable bonds is 8. The van der Waals surface area contributed by atoms with Crippen molar-refractivity contribution < 1.29 is 14.6 Å². The standard InChI is InChI=1S/C9H19NO3/c1-2-13-8-5-9(12)10-6-3-4-7-11/h11H,2-8H2,1H3,(H,10,12). The van der Waals surface area contributed by atoms with Crippen molar-refractivity contribution >= 4 is 5.91 Å². The zero-order chi connectivity index (χ0) is 9.94. The fraction of sp³-hybridized carbons (Fsp3) is 0.889. The van der Waals surface area contributed by atoms with E-state index in [2.05, 4.69) is 5.32 Å². The number of carbonyl (C=O) groups excluding carboxylic acids is 1. The second kappa shape index (κ2) is 9.48. The molecule has 4 heteroatoms. The SMILES string of the molecule is CCOCCC(=O)NCCCCO. The van der Waals surface area contributed by atoms with Crippen molar-refractivity contribution in [2.45, 2.75) is 26.2 Å². The third-order valence-electron chi connectivity index (χ3n) is 1.58. The van der Waals surface area contributed by atoms with Crippen LogP contribution in [0.15, 0.2) is 0 Å². The van der Waals surface area contributed by atoms with Gasteiger partial charge in [-0.3, -0.25) is 4.79 Å². The van der Waals surface area contributed by atoms with Crippen LogP contribution in [0, 0.1) is 0 Å². The summed E-state index contributed by atoms with van der Waals surface area (Å²) in [6.07, 6.45) is 2.00. The van der Waals surface area contributed by atoms with Crippen LogP contribution in [0.4, 0.5) is 0 Å². The Labute approximate surface area is 79.3 Å². The van der Waals surface area contributed by atoms with Crippen molar-refractivity contribution in [1.82, 2.24) is 5.32 Å². The molecule has 0 heterocycles. The first-order valence-corrected chi connectivity index (χ1v) is 4.76. The molecule has 4 nitrogen and oxygen atoms in total. The molecule has 0 radical (unpaired) electrons. The van der Waals surface area contributed by atoms with E-state index in [9.17, 15) is 4.79 Å². The lowest BCUT2D eigenvalue weighted by Crippen LogP contribution is -2.25. The lowest BCUT2D eigenvalue weighted by Gasteiger charge is -2.04. The number of nitrogens with one attached hydrogen (secondary N) is 1. The van der Waals surface area contributed by atoms with E-state index in [0.29, 0.717) is 26.2 Å². The minimum Gasteiger partial charge on any atom is -0.396 e. The van der Waals surface area contributed by atoms with E-state index in [0.717, 1.165) is 12.8 Å². The minimum atomic E-state index is 0.0198. The van der Waals surface area contributed by atoms with Crippen LogP contribution in [0.3, 0.4) is 0 Å². The number of ether oxygens (including phenoxy) is 1. The van der Waals surface area contributed by atoms with Gasteiger partial charge in [0.15, 0.2) is 0 Å². The summed E-state index contributed by atoms with van der Waals surface area (Å²) >= 11 is 0. The fourth-order valence-corrected chi connectivity index (χ4v) is 0.862. The van der Waals surface area contributed by atoms with Crippen molar-refractivity contribution in [3.63, 3.8) is 0 Å². The van der Waals surface area contributed by atoms with Gasteiger partial charge in [0.1, 0.15) is 0 Å². The van der Waals surface area contributed by atoms with Gasteiger partial charge in [-0.1, -0.05) is 0 Å². The zero-order valence-electron chi connectivity index (χ0n) is 8.21. The van der Waals surface area contributed by atoms with Gasteiger partial charge >= 0.3 is 0 Å². The first-order chi connectivity index (χ1) is 6.31. The van der Waals surface area contributed by atoms with Gasteiger partial charge < -0.3 is 15.2 Å². The van der Waals surface area contributed by atoms with Crippen LogP contribution in [-0.2, 0) is 9.53 Å². The van der Waals surface area contributed by atoms with Crippen molar-refractivity contribution in [1.29, 1.82) is 0 Å². The van der Waals surface area contributed by atoms with Gasteiger partial charge in [0.05, 0.1) is 6.61 Å². The monoisotopic (exact) mass is 189 g/mol. The molecule has 0 saturated heterocycles. The van der Waals surface area contributed by atoms with Gasteiger partial charge in [-0.05, 0) is 19.8 Å². The Balaban J connectivity index is 3.11. The number of hydrogen-bond donors (Lipinski definition) is 2. The highest BCUT2D eigenvalue weighted by Gasteiger charge is 1.98. The molecule has 0 aromatic rings. The smallest absolute Gasteiger partial charge is 0.222 e. The predicted octanol–water partition coefficient (Wildman–Crippen LogP) is 0.302. The summed E-state index contributed by atoms with van der Waals surface area (Å²) in [7, 11) is 0. The molecule has 0 aromatic carbocycles. The number of amides is 1. The van der Waals surface area contributed by atoms with Crippen LogP contribution in [0.2, 0.25) is 0 Å². The topological polar surface area (TPSA) is 58.6 Å². The van der Waals surface area contributed by atoms with Crippen molar-refractivity contribution in [3.05, 3.63) is 0 Å². The van der Waals surface area contributed by atoms with E-state index in [-0.39, 0.29) is 12.5 Å². The minimum absolute atomic E-state index is 0.0198. The summed E-state index contributed by atoms with van der Waals surface area (Å²) in [4.78, 5) is 11.0. The van der Waals surface area contributed by atoms with Gasteiger partial charge in [0.2, 0.25) is 5.91 Å². The molecule has 13 heavy (non-hydrogen) atoms. The van der Waals surface area contributed by atoms with Gasteiger partial charge in [0.25, 0.3) is 0 Å². The summed E-state index contributed by atoms with van der Waals surface area (Å²) < 4.78 is 5.03. The molecule has 2 N–H and O–H groups in total. The molecular formula is C9H19NO3. The highest BCUT2D eigenvalue weighted by Crippen LogP contribution is 1.86. The first-order valence-electron chi connectivity index (χ1n) is 4.76. The Morgan fingerprint density at radius 2 is 2.23 bits per heavy atom. The van der Waals surface area contributed by atoms with E-state index in [1.165, 1.54) is 0 Å². The molecule has 0 atom stereocenters. The van der Waals surface area contributed by atoms with E-state index in [1.807, 2.05) is 6.92 Å². The van der Waals surface area contributed by atoms with Crippen LogP contribution >= 0.6 is 0 Å². The van der Waals surface area contributed by atoms with Crippen LogP contribution in [0.5, 0.6) is 0 Å². The fourth-order valence-electron chi connectivity index (χ4n) is 0.862. The summed E-state index contributed by atoms with van der Waals surface area (Å²) in [6.45, 7) is 3.87. The Bertz CT molecular complexity index is 128. The quantitative estimate of drug-likeness (QED) is 0.540. The summed E-state index contributed by atoms with van der Waals surface area (Å²) in [5.41, 5.74) is 0. The molecule has 0 aliphatic rings. The third-order valence-corrected chi connectivity index (χ3v) is 1.58. The van der Waals surface area contributed by atoms with E-state index in [1.54, 1.807) is 0 Å². The number of carbonyl (C=O) groups is 1. The second-order valence-corrected chi connectivity index (χ2v) is 2.73. The van der Waals surface area contributed by atoms with E-state index >= 15 is 0 Å². The average Bonchev–Trinajstić information content (AvgIpc) is 2.13. The van der Waals surface area contributed by atoms with E-state index < -0.39 is 0 Å². The van der Waals surface area contributed by atoms with Crippen LogP contribution in [0.25, 0.3) is 0 Å². The van der Waals surface area contributed by atoms with Gasteiger partial charge in [-0.15, -0.1) is 0 Å². The van der Waals surface area contributed by atoms with E-state index in [4.69, 9.17) is 9.84 Å². The van der Waals surface area contributed by atoms with Gasteiger partial charge in [-0.25, -0.2) is 0 Å². The maximum Gasteiger partial charge on any atom is 0.222 e. The van der Waals surface area contributed by atoms with Crippen molar-refractivity contribution in [3.8, 4) is 0 Å². The Hall–Kier alpha value is -0.610. The lowest BCUT2D eigenvalue weighted by atomic mass is 10.3. The summed E-state index contributed by atoms with van der Waals surface area (Å²) in [6, 6.07) is 0. The molecule has 0 rings (SSSR count). The Morgan fingerprint density at radius 1 is 1.46 bits per heavy atom. The zero-order valence-corrected chi connectivity index (χ0v) is 8.21. The summed E-state index contributed by atoms with van der Waals surface area (Å²) in [5.74, 6) is 0.0198. The largest absolute Gasteiger partial charge is 0.396 e. The predicted molar refractivity (Wildman–Crippen MR) is 50.4 cm³/mol. The number of unbranched alkanes of at least 4 members (excludes halogenated alkanes) is 1. The second-order valence-electron chi connectivity index (χ2n) is 2.73. The van der Waals surface area contributed by atoms with Gasteiger partial charge in [-0.2, -0.15) is 0 Å². The molecule has 0 fully saturated rings. The first kappa shape index (κ1) is 12.4.